The zero-order valence-corrected chi connectivity index (χ0v) is 19.9. The van der Waals surface area contributed by atoms with E-state index in [1.165, 1.54) is 16.0 Å². The molecule has 0 spiro atoms. The van der Waals surface area contributed by atoms with Crippen molar-refractivity contribution in [1.29, 1.82) is 0 Å². The minimum absolute atomic E-state index is 0.0209. The number of rotatable bonds is 5. The van der Waals surface area contributed by atoms with Gasteiger partial charge in [0.15, 0.2) is 0 Å². The van der Waals surface area contributed by atoms with Gasteiger partial charge in [0.25, 0.3) is 0 Å². The SMILES string of the molecule is CC(=O)N(CC(=O)N1CCc2sccc2[C@@H]1c1ccc(C(C)(C)C)cc1)CC(C)C. The smallest absolute Gasteiger partial charge is 0.242 e. The van der Waals surface area contributed by atoms with E-state index in [2.05, 4.69) is 70.3 Å². The molecular formula is C25H34N2O2S. The summed E-state index contributed by atoms with van der Waals surface area (Å²) in [5.74, 6) is 0.302. The molecule has 0 fully saturated rings. The van der Waals surface area contributed by atoms with Gasteiger partial charge in [-0.3, -0.25) is 9.59 Å². The number of carbonyl (C=O) groups is 2. The number of carbonyl (C=O) groups excluding carboxylic acids is 2. The molecule has 5 heteroatoms. The summed E-state index contributed by atoms with van der Waals surface area (Å²) in [5.41, 5.74) is 3.73. The van der Waals surface area contributed by atoms with Crippen LogP contribution in [0, 0.1) is 5.92 Å². The van der Waals surface area contributed by atoms with E-state index in [1.54, 1.807) is 23.2 Å². The Morgan fingerprint density at radius 2 is 1.83 bits per heavy atom. The highest BCUT2D eigenvalue weighted by atomic mass is 32.1. The summed E-state index contributed by atoms with van der Waals surface area (Å²) in [5, 5.41) is 2.12. The first-order valence-corrected chi connectivity index (χ1v) is 11.7. The van der Waals surface area contributed by atoms with Gasteiger partial charge in [0.2, 0.25) is 11.8 Å². The van der Waals surface area contributed by atoms with Gasteiger partial charge in [-0.1, -0.05) is 58.9 Å². The number of nitrogens with zero attached hydrogens (tertiary/aromatic N) is 2. The Labute approximate surface area is 184 Å². The summed E-state index contributed by atoms with van der Waals surface area (Å²) >= 11 is 1.77. The summed E-state index contributed by atoms with van der Waals surface area (Å²) < 4.78 is 0. The van der Waals surface area contributed by atoms with Crippen molar-refractivity contribution in [2.24, 2.45) is 5.92 Å². The lowest BCUT2D eigenvalue weighted by molar-refractivity contribution is -0.141. The number of hydrogen-bond donors (Lipinski definition) is 0. The van der Waals surface area contributed by atoms with Crippen molar-refractivity contribution in [1.82, 2.24) is 9.80 Å². The summed E-state index contributed by atoms with van der Waals surface area (Å²) in [7, 11) is 0. The van der Waals surface area contributed by atoms with Crippen molar-refractivity contribution >= 4 is 23.2 Å². The molecule has 2 heterocycles. The molecular weight excluding hydrogens is 392 g/mol. The second-order valence-electron chi connectivity index (χ2n) is 9.70. The van der Waals surface area contributed by atoms with Crippen LogP contribution in [0.2, 0.25) is 0 Å². The van der Waals surface area contributed by atoms with Gasteiger partial charge in [0, 0.05) is 24.9 Å². The maximum Gasteiger partial charge on any atom is 0.242 e. The summed E-state index contributed by atoms with van der Waals surface area (Å²) in [4.78, 5) is 30.5. The van der Waals surface area contributed by atoms with E-state index < -0.39 is 0 Å². The topological polar surface area (TPSA) is 40.6 Å². The van der Waals surface area contributed by atoms with E-state index in [9.17, 15) is 9.59 Å². The number of amides is 2. The van der Waals surface area contributed by atoms with E-state index in [1.807, 2.05) is 4.90 Å². The predicted molar refractivity (Wildman–Crippen MR) is 124 cm³/mol. The van der Waals surface area contributed by atoms with Crippen LogP contribution in [0.15, 0.2) is 35.7 Å². The molecule has 0 saturated heterocycles. The van der Waals surface area contributed by atoms with Gasteiger partial charge >= 0.3 is 0 Å². The third-order valence-corrected chi connectivity index (χ3v) is 6.73. The van der Waals surface area contributed by atoms with Crippen LogP contribution in [0.25, 0.3) is 0 Å². The molecule has 1 aliphatic heterocycles. The Kier molecular flexibility index (Phi) is 6.71. The molecule has 1 aromatic carbocycles. The highest BCUT2D eigenvalue weighted by Crippen LogP contribution is 2.38. The second kappa shape index (κ2) is 8.93. The zero-order chi connectivity index (χ0) is 22.1. The average Bonchev–Trinajstić information content (AvgIpc) is 3.14. The fourth-order valence-electron chi connectivity index (χ4n) is 4.11. The van der Waals surface area contributed by atoms with Crippen LogP contribution < -0.4 is 0 Å². The highest BCUT2D eigenvalue weighted by Gasteiger charge is 2.34. The Balaban J connectivity index is 1.91. The van der Waals surface area contributed by atoms with Crippen LogP contribution in [0.5, 0.6) is 0 Å². The average molecular weight is 427 g/mol. The number of benzene rings is 1. The normalized spacial score (nSPS) is 16.5. The monoisotopic (exact) mass is 426 g/mol. The molecule has 30 heavy (non-hydrogen) atoms. The number of thiophene rings is 1. The van der Waals surface area contributed by atoms with Crippen LogP contribution in [-0.4, -0.2) is 41.2 Å². The van der Waals surface area contributed by atoms with Gasteiger partial charge in [-0.25, -0.2) is 0 Å². The molecule has 1 aliphatic rings. The van der Waals surface area contributed by atoms with Gasteiger partial charge < -0.3 is 9.80 Å². The second-order valence-corrected chi connectivity index (χ2v) is 10.7. The Morgan fingerprint density at radius 1 is 1.17 bits per heavy atom. The maximum atomic E-state index is 13.4. The van der Waals surface area contributed by atoms with E-state index >= 15 is 0 Å². The standard InChI is InChI=1S/C25H34N2O2S/c1-17(2)15-26(18(3)28)16-23(29)27-13-11-22-21(12-14-30-22)24(27)19-7-9-20(10-8-19)25(4,5)6/h7-10,12,14,17,24H,11,13,15-16H2,1-6H3/t24-/m0/s1. The molecule has 1 atom stereocenters. The third-order valence-electron chi connectivity index (χ3n) is 5.74. The lowest BCUT2D eigenvalue weighted by atomic mass is 9.85. The summed E-state index contributed by atoms with van der Waals surface area (Å²) in [6.45, 7) is 13.7. The minimum atomic E-state index is -0.0885. The molecule has 4 nitrogen and oxygen atoms in total. The van der Waals surface area contributed by atoms with Crippen LogP contribution >= 0.6 is 11.3 Å². The van der Waals surface area contributed by atoms with E-state index in [0.717, 1.165) is 12.0 Å². The molecule has 2 aromatic rings. The summed E-state index contributed by atoms with van der Waals surface area (Å²) in [6, 6.07) is 10.7. The molecule has 0 unspecified atom stereocenters. The first-order valence-electron chi connectivity index (χ1n) is 10.8. The van der Waals surface area contributed by atoms with Crippen LogP contribution in [0.4, 0.5) is 0 Å². The fraction of sp³-hybridized carbons (Fsp3) is 0.520. The molecule has 2 amide bonds. The van der Waals surface area contributed by atoms with Crippen LogP contribution in [-0.2, 0) is 21.4 Å². The number of hydrogen-bond acceptors (Lipinski definition) is 3. The molecule has 0 radical (unpaired) electrons. The molecule has 162 valence electrons. The van der Waals surface area contributed by atoms with Crippen molar-refractivity contribution in [3.8, 4) is 0 Å². The Hall–Kier alpha value is -2.14. The van der Waals surface area contributed by atoms with E-state index in [4.69, 9.17) is 0 Å². The van der Waals surface area contributed by atoms with Gasteiger partial charge in [-0.2, -0.15) is 0 Å². The van der Waals surface area contributed by atoms with E-state index in [-0.39, 0.29) is 29.8 Å². The summed E-state index contributed by atoms with van der Waals surface area (Å²) in [6.07, 6.45) is 0.875. The molecule has 0 aliphatic carbocycles. The fourth-order valence-corrected chi connectivity index (χ4v) is 5.01. The van der Waals surface area contributed by atoms with Gasteiger partial charge in [0.05, 0.1) is 12.6 Å². The first kappa shape index (κ1) is 22.5. The largest absolute Gasteiger partial charge is 0.333 e. The number of fused-ring (bicyclic) bond motifs is 1. The van der Waals surface area contributed by atoms with Crippen molar-refractivity contribution in [3.05, 3.63) is 57.3 Å². The third kappa shape index (κ3) is 4.94. The molecule has 1 aromatic heterocycles. The molecule has 3 rings (SSSR count). The lowest BCUT2D eigenvalue weighted by Crippen LogP contribution is -2.47. The lowest BCUT2D eigenvalue weighted by Gasteiger charge is -2.38. The van der Waals surface area contributed by atoms with Crippen LogP contribution in [0.3, 0.4) is 0 Å². The zero-order valence-electron chi connectivity index (χ0n) is 19.1. The first-order chi connectivity index (χ1) is 14.1. The quantitative estimate of drug-likeness (QED) is 0.673. The van der Waals surface area contributed by atoms with Crippen molar-refractivity contribution in [2.75, 3.05) is 19.6 Å². The Morgan fingerprint density at radius 3 is 2.40 bits per heavy atom. The Bertz CT molecular complexity index is 893. The van der Waals surface area contributed by atoms with Crippen molar-refractivity contribution in [2.45, 2.75) is 59.4 Å². The molecule has 0 bridgehead atoms. The van der Waals surface area contributed by atoms with Gasteiger partial charge in [0.1, 0.15) is 0 Å². The molecule has 0 N–H and O–H groups in total. The van der Waals surface area contributed by atoms with Crippen LogP contribution in [0.1, 0.15) is 69.2 Å². The minimum Gasteiger partial charge on any atom is -0.333 e. The molecule has 0 saturated carbocycles. The van der Waals surface area contributed by atoms with Gasteiger partial charge in [-0.05, 0) is 45.9 Å². The predicted octanol–water partition coefficient (Wildman–Crippen LogP) is 5.02. The van der Waals surface area contributed by atoms with E-state index in [0.29, 0.717) is 19.0 Å². The van der Waals surface area contributed by atoms with Gasteiger partial charge in [-0.15, -0.1) is 11.3 Å². The maximum absolute atomic E-state index is 13.4. The van der Waals surface area contributed by atoms with Crippen molar-refractivity contribution < 1.29 is 9.59 Å². The highest BCUT2D eigenvalue weighted by molar-refractivity contribution is 7.10. The van der Waals surface area contributed by atoms with Crippen molar-refractivity contribution in [3.63, 3.8) is 0 Å².